The van der Waals surface area contributed by atoms with Gasteiger partial charge in [-0.2, -0.15) is 0 Å². The fourth-order valence-corrected chi connectivity index (χ4v) is 3.40. The van der Waals surface area contributed by atoms with E-state index in [4.69, 9.17) is 11.6 Å². The minimum atomic E-state index is 0.546. The molecular formula is C15H12ClN3S2. The van der Waals surface area contributed by atoms with Crippen LogP contribution < -0.4 is 0 Å². The molecule has 6 heteroatoms. The fraction of sp³-hybridized carbons (Fsp3) is 0.133. The van der Waals surface area contributed by atoms with Crippen molar-refractivity contribution >= 4 is 46.0 Å². The van der Waals surface area contributed by atoms with E-state index in [0.717, 1.165) is 21.6 Å². The van der Waals surface area contributed by atoms with E-state index in [1.165, 1.54) is 4.90 Å². The van der Waals surface area contributed by atoms with Crippen molar-refractivity contribution < 1.29 is 0 Å². The molecule has 2 heterocycles. The van der Waals surface area contributed by atoms with Gasteiger partial charge in [-0.1, -0.05) is 29.4 Å². The number of fused-ring (bicyclic) bond motifs is 1. The van der Waals surface area contributed by atoms with Crippen LogP contribution in [0, 0.1) is 0 Å². The van der Waals surface area contributed by atoms with E-state index >= 15 is 0 Å². The maximum Gasteiger partial charge on any atom is 0.187 e. The van der Waals surface area contributed by atoms with Gasteiger partial charge in [-0.25, -0.2) is 15.0 Å². The number of nitrogens with zero attached hydrogens (tertiary/aromatic N) is 3. The fourth-order valence-electron chi connectivity index (χ4n) is 1.90. The standard InChI is InChI=1S/C15H12ClN3S2/c1-20-12-4-3-10-7-11(14(16)19-13(10)8-12)9-21-15-17-5-2-6-18-15/h2-8H,9H2,1H3. The Bertz CT molecular complexity index is 765. The van der Waals surface area contributed by atoms with Gasteiger partial charge in [0.15, 0.2) is 5.16 Å². The highest BCUT2D eigenvalue weighted by Crippen LogP contribution is 2.28. The van der Waals surface area contributed by atoms with Crippen molar-refractivity contribution in [3.8, 4) is 0 Å². The summed E-state index contributed by atoms with van der Waals surface area (Å²) in [4.78, 5) is 14.1. The van der Waals surface area contributed by atoms with Crippen LogP contribution in [-0.2, 0) is 5.75 Å². The van der Waals surface area contributed by atoms with Crippen molar-refractivity contribution in [2.75, 3.05) is 6.26 Å². The molecule has 0 bridgehead atoms. The maximum atomic E-state index is 6.29. The van der Waals surface area contributed by atoms with Gasteiger partial charge in [-0.05, 0) is 30.5 Å². The number of halogens is 1. The first-order valence-electron chi connectivity index (χ1n) is 6.29. The second kappa shape index (κ2) is 6.64. The molecule has 0 spiro atoms. The average molecular weight is 334 g/mol. The number of pyridine rings is 1. The van der Waals surface area contributed by atoms with Crippen LogP contribution in [0.1, 0.15) is 5.56 Å². The third-order valence-corrected chi connectivity index (χ3v) is 4.93. The van der Waals surface area contributed by atoms with Crippen LogP contribution in [0.2, 0.25) is 5.15 Å². The minimum Gasteiger partial charge on any atom is -0.236 e. The Morgan fingerprint density at radius 3 is 2.71 bits per heavy atom. The highest BCUT2D eigenvalue weighted by atomic mass is 35.5. The molecule has 3 aromatic rings. The summed E-state index contributed by atoms with van der Waals surface area (Å²) in [5.41, 5.74) is 1.93. The summed E-state index contributed by atoms with van der Waals surface area (Å²) in [6.45, 7) is 0. The zero-order valence-corrected chi connectivity index (χ0v) is 13.7. The molecule has 21 heavy (non-hydrogen) atoms. The van der Waals surface area contributed by atoms with Crippen LogP contribution >= 0.6 is 35.1 Å². The Morgan fingerprint density at radius 1 is 1.14 bits per heavy atom. The zero-order valence-electron chi connectivity index (χ0n) is 11.3. The largest absolute Gasteiger partial charge is 0.236 e. The highest BCUT2D eigenvalue weighted by Gasteiger charge is 2.07. The summed E-state index contributed by atoms with van der Waals surface area (Å²) in [6.07, 6.45) is 5.52. The molecule has 0 atom stereocenters. The van der Waals surface area contributed by atoms with E-state index in [1.807, 2.05) is 6.26 Å². The van der Waals surface area contributed by atoms with Gasteiger partial charge in [0, 0.05) is 34.0 Å². The van der Waals surface area contributed by atoms with Crippen LogP contribution in [0.15, 0.2) is 52.8 Å². The molecular weight excluding hydrogens is 322 g/mol. The molecule has 106 valence electrons. The predicted molar refractivity (Wildman–Crippen MR) is 90.1 cm³/mol. The Balaban J connectivity index is 1.87. The molecule has 0 aliphatic heterocycles. The normalized spacial score (nSPS) is 11.0. The molecule has 3 rings (SSSR count). The first kappa shape index (κ1) is 14.6. The second-order valence-electron chi connectivity index (χ2n) is 4.32. The number of hydrogen-bond acceptors (Lipinski definition) is 5. The summed E-state index contributed by atoms with van der Waals surface area (Å²) < 4.78 is 0. The Kier molecular flexibility index (Phi) is 4.63. The topological polar surface area (TPSA) is 38.7 Å². The molecule has 0 saturated carbocycles. The third kappa shape index (κ3) is 3.48. The lowest BCUT2D eigenvalue weighted by atomic mass is 10.2. The van der Waals surface area contributed by atoms with E-state index in [-0.39, 0.29) is 0 Å². The second-order valence-corrected chi connectivity index (χ2v) is 6.50. The molecule has 2 aromatic heterocycles. The number of aromatic nitrogens is 3. The summed E-state index contributed by atoms with van der Waals surface area (Å²) in [6, 6.07) is 10.1. The molecule has 0 radical (unpaired) electrons. The zero-order chi connectivity index (χ0) is 14.7. The van der Waals surface area contributed by atoms with Crippen LogP contribution in [0.25, 0.3) is 10.9 Å². The highest BCUT2D eigenvalue weighted by molar-refractivity contribution is 7.98. The molecule has 3 nitrogen and oxygen atoms in total. The molecule has 0 saturated heterocycles. The van der Waals surface area contributed by atoms with Gasteiger partial charge in [0.25, 0.3) is 0 Å². The van der Waals surface area contributed by atoms with Crippen LogP contribution in [0.4, 0.5) is 0 Å². The number of thioether (sulfide) groups is 2. The van der Waals surface area contributed by atoms with Gasteiger partial charge in [0.1, 0.15) is 5.15 Å². The molecule has 0 amide bonds. The van der Waals surface area contributed by atoms with Gasteiger partial charge in [-0.15, -0.1) is 11.8 Å². The predicted octanol–water partition coefficient (Wildman–Crippen LogP) is 4.69. The number of hydrogen-bond donors (Lipinski definition) is 0. The lowest BCUT2D eigenvalue weighted by Gasteiger charge is -2.06. The Morgan fingerprint density at radius 2 is 1.95 bits per heavy atom. The Hall–Kier alpha value is -1.30. The van der Waals surface area contributed by atoms with Crippen LogP contribution in [-0.4, -0.2) is 21.2 Å². The van der Waals surface area contributed by atoms with Gasteiger partial charge < -0.3 is 0 Å². The number of rotatable bonds is 4. The molecule has 1 aromatic carbocycles. The summed E-state index contributed by atoms with van der Waals surface area (Å²) in [7, 11) is 0. The van der Waals surface area contributed by atoms with Crippen molar-refractivity contribution in [3.05, 3.63) is 53.4 Å². The first-order chi connectivity index (χ1) is 10.3. The maximum absolute atomic E-state index is 6.29. The lowest BCUT2D eigenvalue weighted by molar-refractivity contribution is 0.966. The van der Waals surface area contributed by atoms with E-state index in [0.29, 0.717) is 10.9 Å². The molecule has 0 aliphatic rings. The van der Waals surface area contributed by atoms with Crippen LogP contribution in [0.3, 0.4) is 0 Å². The van der Waals surface area contributed by atoms with E-state index < -0.39 is 0 Å². The van der Waals surface area contributed by atoms with Gasteiger partial charge in [-0.3, -0.25) is 0 Å². The van der Waals surface area contributed by atoms with E-state index in [1.54, 1.807) is 42.0 Å². The third-order valence-electron chi connectivity index (χ3n) is 2.95. The van der Waals surface area contributed by atoms with Crippen molar-refractivity contribution in [2.24, 2.45) is 0 Å². The lowest BCUT2D eigenvalue weighted by Crippen LogP contribution is -1.90. The van der Waals surface area contributed by atoms with E-state index in [9.17, 15) is 0 Å². The summed E-state index contributed by atoms with van der Waals surface area (Å²) in [5.74, 6) is 0.704. The quantitative estimate of drug-likeness (QED) is 0.393. The number of benzene rings is 1. The van der Waals surface area contributed by atoms with Crippen molar-refractivity contribution in [1.29, 1.82) is 0 Å². The summed E-state index contributed by atoms with van der Waals surface area (Å²) >= 11 is 9.54. The SMILES string of the molecule is CSc1ccc2cc(CSc3ncccn3)c(Cl)nc2c1. The van der Waals surface area contributed by atoms with Gasteiger partial charge in [0.2, 0.25) is 0 Å². The molecule has 0 aliphatic carbocycles. The van der Waals surface area contributed by atoms with Gasteiger partial charge >= 0.3 is 0 Å². The van der Waals surface area contributed by atoms with E-state index in [2.05, 4.69) is 39.2 Å². The van der Waals surface area contributed by atoms with Gasteiger partial charge in [0.05, 0.1) is 5.52 Å². The average Bonchev–Trinajstić information content (AvgIpc) is 2.53. The Labute approximate surface area is 136 Å². The minimum absolute atomic E-state index is 0.546. The summed E-state index contributed by atoms with van der Waals surface area (Å²) in [5, 5.41) is 2.39. The smallest absolute Gasteiger partial charge is 0.187 e. The first-order valence-corrected chi connectivity index (χ1v) is 8.88. The van der Waals surface area contributed by atoms with Crippen molar-refractivity contribution in [2.45, 2.75) is 15.8 Å². The van der Waals surface area contributed by atoms with Crippen molar-refractivity contribution in [3.63, 3.8) is 0 Å². The molecule has 0 unspecified atom stereocenters. The molecule has 0 N–H and O–H groups in total. The van der Waals surface area contributed by atoms with Crippen molar-refractivity contribution in [1.82, 2.24) is 15.0 Å². The van der Waals surface area contributed by atoms with Crippen LogP contribution in [0.5, 0.6) is 0 Å². The monoisotopic (exact) mass is 333 g/mol. The molecule has 0 fully saturated rings.